The highest BCUT2D eigenvalue weighted by Crippen LogP contribution is 2.40. The number of fused-ring (bicyclic) bond motifs is 5. The second-order valence-electron chi connectivity index (χ2n) is 15.1. The summed E-state index contributed by atoms with van der Waals surface area (Å²) in [5.74, 6) is 1.00. The largest absolute Gasteiger partial charge is 0.491 e. The zero-order valence-electron chi connectivity index (χ0n) is 35.2. The third-order valence-corrected chi connectivity index (χ3v) is 10.8. The van der Waals surface area contributed by atoms with Crippen molar-refractivity contribution in [3.05, 3.63) is 118 Å². The Morgan fingerprint density at radius 3 is 2.12 bits per heavy atom. The van der Waals surface area contributed by atoms with E-state index < -0.39 is 5.97 Å². The van der Waals surface area contributed by atoms with E-state index in [0.29, 0.717) is 59.6 Å². The number of benzene rings is 5. The molecule has 9 heteroatoms. The molecule has 0 fully saturated rings. The standard InChI is InChI=1S/C49H56N2O7/c1-9-11-14-35(10-2)30-51-44-20-17-36(47(50-58-34(6)52)40-19-18-37(56-23-21-54-7)28-45(40)57-24-22-55-8)27-41(44)42-29-43(38-15-12-13-16-39(38)48(42)51)49(53)46-32(4)25-31(3)26-33(46)5/h12-13,15-20,25-29,35H,9-11,14,21-24,30H2,1-8H3. The van der Waals surface area contributed by atoms with Crippen molar-refractivity contribution in [3.63, 3.8) is 0 Å². The average molecular weight is 785 g/mol. The number of carbonyl (C=O) groups excluding carboxylic acids is 2. The molecule has 1 unspecified atom stereocenters. The Balaban J connectivity index is 1.63. The van der Waals surface area contributed by atoms with Gasteiger partial charge in [-0.3, -0.25) is 4.79 Å². The van der Waals surface area contributed by atoms with E-state index in [4.69, 9.17) is 23.8 Å². The molecule has 0 radical (unpaired) electrons. The molecule has 1 heterocycles. The Kier molecular flexibility index (Phi) is 14.0. The molecule has 58 heavy (non-hydrogen) atoms. The molecule has 5 aromatic carbocycles. The van der Waals surface area contributed by atoms with Gasteiger partial charge >= 0.3 is 5.97 Å². The molecule has 1 aromatic heterocycles. The molecule has 0 aliphatic rings. The molecule has 9 nitrogen and oxygen atoms in total. The summed E-state index contributed by atoms with van der Waals surface area (Å²) in [5, 5.41) is 8.33. The van der Waals surface area contributed by atoms with Crippen LogP contribution in [0.3, 0.4) is 0 Å². The highest BCUT2D eigenvalue weighted by molar-refractivity contribution is 6.27. The molecule has 0 bridgehead atoms. The maximum Gasteiger partial charge on any atom is 0.332 e. The van der Waals surface area contributed by atoms with Crippen molar-refractivity contribution >= 4 is 50.0 Å². The lowest BCUT2D eigenvalue weighted by Crippen LogP contribution is -2.12. The van der Waals surface area contributed by atoms with Gasteiger partial charge in [0.15, 0.2) is 5.78 Å². The van der Waals surface area contributed by atoms with Crippen molar-refractivity contribution in [3.8, 4) is 11.5 Å². The SMILES string of the molecule is CCCCC(CC)Cn1c2ccc(C(=NOC(C)=O)c3ccc(OCCOC)cc3OCCOC)cc2c2cc(C(=O)c3c(C)cc(C)cc3C)c3ccccc3c21. The Bertz CT molecular complexity index is 2440. The van der Waals surface area contributed by atoms with Crippen LogP contribution in [0.5, 0.6) is 11.5 Å². The van der Waals surface area contributed by atoms with Crippen LogP contribution in [-0.2, 0) is 25.7 Å². The molecule has 0 N–H and O–H groups in total. The lowest BCUT2D eigenvalue weighted by molar-refractivity contribution is -0.140. The first-order valence-corrected chi connectivity index (χ1v) is 20.3. The third kappa shape index (κ3) is 9.11. The Morgan fingerprint density at radius 2 is 1.45 bits per heavy atom. The van der Waals surface area contributed by atoms with Crippen LogP contribution >= 0.6 is 0 Å². The maximum atomic E-state index is 14.8. The van der Waals surface area contributed by atoms with Crippen molar-refractivity contribution < 1.29 is 33.4 Å². The molecule has 0 saturated heterocycles. The second-order valence-corrected chi connectivity index (χ2v) is 15.1. The Labute approximate surface area is 341 Å². The van der Waals surface area contributed by atoms with Crippen LogP contribution in [0, 0.1) is 26.7 Å². The van der Waals surface area contributed by atoms with Gasteiger partial charge < -0.3 is 28.4 Å². The molecule has 0 spiro atoms. The fraction of sp³-hybridized carbons (Fsp3) is 0.367. The molecule has 0 aliphatic carbocycles. The molecule has 0 amide bonds. The van der Waals surface area contributed by atoms with E-state index >= 15 is 0 Å². The summed E-state index contributed by atoms with van der Waals surface area (Å²) in [6.45, 7) is 14.2. The highest BCUT2D eigenvalue weighted by atomic mass is 16.7. The summed E-state index contributed by atoms with van der Waals surface area (Å²) in [6, 6.07) is 26.2. The van der Waals surface area contributed by atoms with E-state index in [2.05, 4.69) is 79.0 Å². The van der Waals surface area contributed by atoms with Gasteiger partial charge in [-0.2, -0.15) is 0 Å². The fourth-order valence-corrected chi connectivity index (χ4v) is 8.09. The highest BCUT2D eigenvalue weighted by Gasteiger charge is 2.25. The van der Waals surface area contributed by atoms with Gasteiger partial charge in [0, 0.05) is 77.7 Å². The second kappa shape index (κ2) is 19.3. The summed E-state index contributed by atoms with van der Waals surface area (Å²) in [7, 11) is 3.24. The summed E-state index contributed by atoms with van der Waals surface area (Å²) >= 11 is 0. The van der Waals surface area contributed by atoms with Gasteiger partial charge in [0.25, 0.3) is 0 Å². The lowest BCUT2D eigenvalue weighted by atomic mass is 9.89. The monoisotopic (exact) mass is 784 g/mol. The Morgan fingerprint density at radius 1 is 0.741 bits per heavy atom. The number of methoxy groups -OCH3 is 2. The number of hydrogen-bond donors (Lipinski definition) is 0. The molecule has 6 rings (SSSR count). The number of oxime groups is 1. The van der Waals surface area contributed by atoms with Crippen molar-refractivity contribution in [1.82, 2.24) is 4.57 Å². The van der Waals surface area contributed by atoms with Crippen LogP contribution in [0.2, 0.25) is 0 Å². The minimum Gasteiger partial charge on any atom is -0.491 e. The first-order valence-electron chi connectivity index (χ1n) is 20.3. The van der Waals surface area contributed by atoms with Gasteiger partial charge in [-0.1, -0.05) is 86.3 Å². The predicted octanol–water partition coefficient (Wildman–Crippen LogP) is 10.7. The quantitative estimate of drug-likeness (QED) is 0.0265. The number of unbranched alkanes of at least 4 members (excludes halogenated alkanes) is 1. The fourth-order valence-electron chi connectivity index (χ4n) is 8.09. The predicted molar refractivity (Wildman–Crippen MR) is 233 cm³/mol. The molecular weight excluding hydrogens is 729 g/mol. The number of ketones is 1. The zero-order valence-corrected chi connectivity index (χ0v) is 35.2. The maximum absolute atomic E-state index is 14.8. The molecule has 0 saturated carbocycles. The third-order valence-electron chi connectivity index (χ3n) is 10.8. The first-order chi connectivity index (χ1) is 28.1. The number of hydrogen-bond acceptors (Lipinski definition) is 8. The van der Waals surface area contributed by atoms with E-state index in [-0.39, 0.29) is 12.4 Å². The van der Waals surface area contributed by atoms with Gasteiger partial charge in [-0.15, -0.1) is 0 Å². The molecule has 0 aliphatic heterocycles. The van der Waals surface area contributed by atoms with E-state index in [9.17, 15) is 9.59 Å². The van der Waals surface area contributed by atoms with Gasteiger partial charge in [-0.25, -0.2) is 4.79 Å². The first kappa shape index (κ1) is 42.1. The number of aromatic nitrogens is 1. The minimum atomic E-state index is -0.550. The number of nitrogens with zero attached hydrogens (tertiary/aromatic N) is 2. The lowest BCUT2D eigenvalue weighted by Gasteiger charge is -2.19. The van der Waals surface area contributed by atoms with Crippen LogP contribution in [-0.4, -0.2) is 62.7 Å². The van der Waals surface area contributed by atoms with Gasteiger partial charge in [0.2, 0.25) is 0 Å². The molecule has 1 atom stereocenters. The van der Waals surface area contributed by atoms with Crippen LogP contribution in [0.15, 0.2) is 84.0 Å². The van der Waals surface area contributed by atoms with E-state index in [1.165, 1.54) is 6.92 Å². The molecule has 6 aromatic rings. The average Bonchev–Trinajstić information content (AvgIpc) is 3.51. The summed E-state index contributed by atoms with van der Waals surface area (Å²) in [6.07, 6.45) is 4.48. The van der Waals surface area contributed by atoms with Crippen LogP contribution in [0.4, 0.5) is 0 Å². The minimum absolute atomic E-state index is 0.00213. The van der Waals surface area contributed by atoms with E-state index in [1.54, 1.807) is 20.3 Å². The topological polar surface area (TPSA) is 97.6 Å². The van der Waals surface area contributed by atoms with Gasteiger partial charge in [-0.05, 0) is 80.0 Å². The van der Waals surface area contributed by atoms with Crippen molar-refractivity contribution in [1.29, 1.82) is 0 Å². The zero-order chi connectivity index (χ0) is 41.3. The van der Waals surface area contributed by atoms with Crippen LogP contribution in [0.25, 0.3) is 32.6 Å². The molecular formula is C49H56N2O7. The van der Waals surface area contributed by atoms with Gasteiger partial charge in [0.05, 0.1) is 18.7 Å². The number of rotatable bonds is 19. The number of ether oxygens (including phenoxy) is 4. The van der Waals surface area contributed by atoms with E-state index in [0.717, 1.165) is 87.1 Å². The smallest absolute Gasteiger partial charge is 0.332 e. The van der Waals surface area contributed by atoms with Crippen molar-refractivity contribution in [2.45, 2.75) is 73.8 Å². The number of carbonyl (C=O) groups is 2. The summed E-state index contributed by atoms with van der Waals surface area (Å²) < 4.78 is 25.1. The van der Waals surface area contributed by atoms with Crippen molar-refractivity contribution in [2.24, 2.45) is 11.1 Å². The van der Waals surface area contributed by atoms with Crippen molar-refractivity contribution in [2.75, 3.05) is 40.6 Å². The summed E-state index contributed by atoms with van der Waals surface area (Å²) in [4.78, 5) is 32.4. The molecule has 304 valence electrons. The van der Waals surface area contributed by atoms with Crippen LogP contribution < -0.4 is 9.47 Å². The summed E-state index contributed by atoms with van der Waals surface area (Å²) in [5.41, 5.74) is 8.31. The van der Waals surface area contributed by atoms with Gasteiger partial charge in [0.1, 0.15) is 30.4 Å². The van der Waals surface area contributed by atoms with Crippen LogP contribution in [0.1, 0.15) is 90.2 Å². The van der Waals surface area contributed by atoms with E-state index in [1.807, 2.05) is 38.1 Å². The number of aryl methyl sites for hydroxylation is 3. The normalized spacial score (nSPS) is 12.4. The Hall–Kier alpha value is -5.51.